The van der Waals surface area contributed by atoms with Crippen LogP contribution < -0.4 is 5.32 Å². The minimum atomic E-state index is -0.0246. The van der Waals surface area contributed by atoms with Crippen LogP contribution in [-0.4, -0.2) is 32.6 Å². The highest BCUT2D eigenvalue weighted by atomic mass is 16.1. The number of carbonyl (C=O) groups is 1. The molecular formula is C18H19N5O. The van der Waals surface area contributed by atoms with Crippen LogP contribution in [0.25, 0.3) is 11.4 Å². The van der Waals surface area contributed by atoms with Crippen LogP contribution in [0.3, 0.4) is 0 Å². The van der Waals surface area contributed by atoms with Crippen LogP contribution in [0.4, 0.5) is 0 Å². The summed E-state index contributed by atoms with van der Waals surface area (Å²) < 4.78 is 0. The third kappa shape index (κ3) is 4.25. The molecule has 0 bridgehead atoms. The smallest absolute Gasteiger partial charge is 0.224 e. The molecule has 6 heteroatoms. The van der Waals surface area contributed by atoms with E-state index in [-0.39, 0.29) is 5.91 Å². The van der Waals surface area contributed by atoms with Gasteiger partial charge in [0.1, 0.15) is 5.82 Å². The highest BCUT2D eigenvalue weighted by molar-refractivity contribution is 5.78. The van der Waals surface area contributed by atoms with Crippen molar-refractivity contribution in [2.45, 2.75) is 19.8 Å². The molecule has 24 heavy (non-hydrogen) atoms. The first-order valence-electron chi connectivity index (χ1n) is 7.85. The first-order valence-corrected chi connectivity index (χ1v) is 7.85. The summed E-state index contributed by atoms with van der Waals surface area (Å²) in [6.07, 6.45) is 2.67. The highest BCUT2D eigenvalue weighted by Crippen LogP contribution is 2.13. The van der Waals surface area contributed by atoms with Crippen LogP contribution in [-0.2, 0) is 17.6 Å². The fourth-order valence-electron chi connectivity index (χ4n) is 2.29. The SMILES string of the molecule is Cc1ccc(CC(=O)NCCc2nc(-c3ccccc3)n[nH]2)cn1. The van der Waals surface area contributed by atoms with Crippen LogP contribution in [0.1, 0.15) is 17.1 Å². The Balaban J connectivity index is 1.47. The van der Waals surface area contributed by atoms with Gasteiger partial charge in [-0.05, 0) is 18.6 Å². The second kappa shape index (κ2) is 7.50. The lowest BCUT2D eigenvalue weighted by Crippen LogP contribution is -2.27. The summed E-state index contributed by atoms with van der Waals surface area (Å²) in [6, 6.07) is 13.6. The van der Waals surface area contributed by atoms with E-state index in [1.54, 1.807) is 6.20 Å². The molecule has 2 N–H and O–H groups in total. The standard InChI is InChI=1S/C18H19N5O/c1-13-7-8-14(12-20-13)11-17(24)19-10-9-16-21-18(23-22-16)15-5-3-2-4-6-15/h2-8,12H,9-11H2,1H3,(H,19,24)(H,21,22,23). The summed E-state index contributed by atoms with van der Waals surface area (Å²) in [4.78, 5) is 20.6. The van der Waals surface area contributed by atoms with E-state index in [9.17, 15) is 4.79 Å². The van der Waals surface area contributed by atoms with Crippen molar-refractivity contribution in [2.75, 3.05) is 6.54 Å². The van der Waals surface area contributed by atoms with Crippen LogP contribution in [0.2, 0.25) is 0 Å². The first kappa shape index (κ1) is 15.9. The molecule has 0 aliphatic carbocycles. The molecule has 6 nitrogen and oxygen atoms in total. The third-order valence-corrected chi connectivity index (χ3v) is 3.58. The predicted octanol–water partition coefficient (Wildman–Crippen LogP) is 2.08. The Bertz CT molecular complexity index is 796. The lowest BCUT2D eigenvalue weighted by Gasteiger charge is -2.04. The number of hydrogen-bond acceptors (Lipinski definition) is 4. The van der Waals surface area contributed by atoms with Gasteiger partial charge in [-0.25, -0.2) is 4.98 Å². The molecule has 0 aliphatic rings. The van der Waals surface area contributed by atoms with Crippen LogP contribution >= 0.6 is 0 Å². The second-order valence-electron chi connectivity index (χ2n) is 5.56. The van der Waals surface area contributed by atoms with Crippen molar-refractivity contribution in [2.24, 2.45) is 0 Å². The number of benzene rings is 1. The van der Waals surface area contributed by atoms with E-state index >= 15 is 0 Å². The summed E-state index contributed by atoms with van der Waals surface area (Å²) in [5.74, 6) is 1.40. The molecule has 2 heterocycles. The maximum atomic E-state index is 11.9. The van der Waals surface area contributed by atoms with E-state index in [1.165, 1.54) is 0 Å². The average Bonchev–Trinajstić information content (AvgIpc) is 3.07. The van der Waals surface area contributed by atoms with Crippen molar-refractivity contribution in [1.82, 2.24) is 25.5 Å². The zero-order chi connectivity index (χ0) is 16.8. The number of nitrogens with zero attached hydrogens (tertiary/aromatic N) is 3. The molecule has 122 valence electrons. The highest BCUT2D eigenvalue weighted by Gasteiger charge is 2.07. The number of pyridine rings is 1. The van der Waals surface area contributed by atoms with Crippen LogP contribution in [0.15, 0.2) is 48.7 Å². The van der Waals surface area contributed by atoms with Gasteiger partial charge in [0.25, 0.3) is 0 Å². The van der Waals surface area contributed by atoms with Crippen LogP contribution in [0.5, 0.6) is 0 Å². The van der Waals surface area contributed by atoms with E-state index in [1.807, 2.05) is 49.4 Å². The molecule has 3 aromatic rings. The van der Waals surface area contributed by atoms with E-state index in [4.69, 9.17) is 0 Å². The van der Waals surface area contributed by atoms with Gasteiger partial charge >= 0.3 is 0 Å². The molecular weight excluding hydrogens is 302 g/mol. The summed E-state index contributed by atoms with van der Waals surface area (Å²) in [5.41, 5.74) is 2.82. The number of nitrogens with one attached hydrogen (secondary N) is 2. The monoisotopic (exact) mass is 321 g/mol. The van der Waals surface area contributed by atoms with Crippen molar-refractivity contribution in [3.8, 4) is 11.4 Å². The summed E-state index contributed by atoms with van der Waals surface area (Å²) in [5, 5.41) is 10.0. The molecule has 0 fully saturated rings. The third-order valence-electron chi connectivity index (χ3n) is 3.58. The Hall–Kier alpha value is -3.02. The Morgan fingerprint density at radius 2 is 2.00 bits per heavy atom. The van der Waals surface area contributed by atoms with Gasteiger partial charge in [-0.1, -0.05) is 36.4 Å². The fraction of sp³-hybridized carbons (Fsp3) is 0.222. The quantitative estimate of drug-likeness (QED) is 0.728. The molecule has 0 saturated carbocycles. The molecule has 3 rings (SSSR count). The largest absolute Gasteiger partial charge is 0.355 e. The summed E-state index contributed by atoms with van der Waals surface area (Å²) >= 11 is 0. The lowest BCUT2D eigenvalue weighted by molar-refractivity contribution is -0.120. The first-order chi connectivity index (χ1) is 11.7. The molecule has 0 spiro atoms. The predicted molar refractivity (Wildman–Crippen MR) is 91.2 cm³/mol. The van der Waals surface area contributed by atoms with Crippen molar-refractivity contribution in [3.63, 3.8) is 0 Å². The number of aromatic amines is 1. The van der Waals surface area contributed by atoms with E-state index in [2.05, 4.69) is 25.5 Å². The summed E-state index contributed by atoms with van der Waals surface area (Å²) in [7, 11) is 0. The van der Waals surface area contributed by atoms with Gasteiger partial charge in [-0.2, -0.15) is 5.10 Å². The van der Waals surface area contributed by atoms with Crippen LogP contribution in [0, 0.1) is 6.92 Å². The van der Waals surface area contributed by atoms with E-state index in [0.717, 1.165) is 22.6 Å². The van der Waals surface area contributed by atoms with Crippen molar-refractivity contribution >= 4 is 5.91 Å². The zero-order valence-corrected chi connectivity index (χ0v) is 13.5. The van der Waals surface area contributed by atoms with Gasteiger partial charge in [0.05, 0.1) is 6.42 Å². The number of aryl methyl sites for hydroxylation is 1. The Morgan fingerprint density at radius 1 is 1.17 bits per heavy atom. The molecule has 1 amide bonds. The van der Waals surface area contributed by atoms with Crippen molar-refractivity contribution in [3.05, 3.63) is 65.7 Å². The van der Waals surface area contributed by atoms with Gasteiger partial charge in [0, 0.05) is 30.4 Å². The minimum absolute atomic E-state index is 0.0246. The maximum absolute atomic E-state index is 11.9. The topological polar surface area (TPSA) is 83.6 Å². The molecule has 0 aliphatic heterocycles. The number of H-pyrrole nitrogens is 1. The van der Waals surface area contributed by atoms with Gasteiger partial charge in [-0.3, -0.25) is 14.9 Å². The Labute approximate surface area is 140 Å². The molecule has 2 aromatic heterocycles. The van der Waals surface area contributed by atoms with Gasteiger partial charge in [0.2, 0.25) is 5.91 Å². The van der Waals surface area contributed by atoms with E-state index < -0.39 is 0 Å². The number of hydrogen-bond donors (Lipinski definition) is 2. The normalized spacial score (nSPS) is 10.5. The Morgan fingerprint density at radius 3 is 2.75 bits per heavy atom. The second-order valence-corrected chi connectivity index (χ2v) is 5.56. The molecule has 0 radical (unpaired) electrons. The zero-order valence-electron chi connectivity index (χ0n) is 13.5. The van der Waals surface area contributed by atoms with E-state index in [0.29, 0.717) is 25.2 Å². The van der Waals surface area contributed by atoms with Gasteiger partial charge < -0.3 is 5.32 Å². The summed E-state index contributed by atoms with van der Waals surface area (Å²) in [6.45, 7) is 2.44. The van der Waals surface area contributed by atoms with Gasteiger partial charge in [-0.15, -0.1) is 0 Å². The lowest BCUT2D eigenvalue weighted by atomic mass is 10.2. The van der Waals surface area contributed by atoms with Crippen molar-refractivity contribution in [1.29, 1.82) is 0 Å². The fourth-order valence-corrected chi connectivity index (χ4v) is 2.29. The number of amides is 1. The number of rotatable bonds is 6. The van der Waals surface area contributed by atoms with Crippen molar-refractivity contribution < 1.29 is 4.79 Å². The molecule has 0 unspecified atom stereocenters. The number of carbonyl (C=O) groups excluding carboxylic acids is 1. The number of aromatic nitrogens is 4. The minimum Gasteiger partial charge on any atom is -0.355 e. The molecule has 0 saturated heterocycles. The molecule has 1 aromatic carbocycles. The Kier molecular flexibility index (Phi) is 4.96. The van der Waals surface area contributed by atoms with Gasteiger partial charge in [0.15, 0.2) is 5.82 Å². The maximum Gasteiger partial charge on any atom is 0.224 e. The molecule has 0 atom stereocenters. The average molecular weight is 321 g/mol.